The lowest BCUT2D eigenvalue weighted by Gasteiger charge is -2.07. The number of hydrogen-bond acceptors (Lipinski definition) is 2. The van der Waals surface area contributed by atoms with E-state index in [0.29, 0.717) is 0 Å². The number of hydrogen-bond donors (Lipinski definition) is 1. The third kappa shape index (κ3) is 5.51. The Morgan fingerprint density at radius 3 is 2.73 bits per heavy atom. The SMILES string of the molecule is CC#CCCC(O)CSc1ccccc1. The molecule has 0 spiro atoms. The third-order valence-electron chi connectivity index (χ3n) is 1.96. The topological polar surface area (TPSA) is 20.2 Å². The van der Waals surface area contributed by atoms with Crippen LogP contribution in [0.15, 0.2) is 35.2 Å². The molecule has 0 aliphatic heterocycles. The van der Waals surface area contributed by atoms with Crippen molar-refractivity contribution in [3.8, 4) is 11.8 Å². The molecule has 1 N–H and O–H groups in total. The van der Waals surface area contributed by atoms with Gasteiger partial charge in [-0.1, -0.05) is 18.2 Å². The minimum Gasteiger partial charge on any atom is -0.392 e. The van der Waals surface area contributed by atoms with Crippen molar-refractivity contribution in [2.45, 2.75) is 30.8 Å². The minimum absolute atomic E-state index is 0.254. The van der Waals surface area contributed by atoms with Crippen LogP contribution in [0.4, 0.5) is 0 Å². The highest BCUT2D eigenvalue weighted by Gasteiger charge is 2.03. The van der Waals surface area contributed by atoms with E-state index in [1.165, 1.54) is 4.90 Å². The molecule has 1 aromatic carbocycles. The van der Waals surface area contributed by atoms with Crippen molar-refractivity contribution in [1.82, 2.24) is 0 Å². The maximum Gasteiger partial charge on any atom is 0.0643 e. The maximum atomic E-state index is 9.65. The Balaban J connectivity index is 2.21. The second kappa shape index (κ2) is 7.39. The summed E-state index contributed by atoms with van der Waals surface area (Å²) in [6.07, 6.45) is 1.30. The number of aliphatic hydroxyl groups is 1. The molecule has 80 valence electrons. The highest BCUT2D eigenvalue weighted by Crippen LogP contribution is 2.18. The Morgan fingerprint density at radius 1 is 1.33 bits per heavy atom. The van der Waals surface area contributed by atoms with Crippen LogP contribution in [-0.4, -0.2) is 17.0 Å². The van der Waals surface area contributed by atoms with E-state index < -0.39 is 0 Å². The highest BCUT2D eigenvalue weighted by atomic mass is 32.2. The fraction of sp³-hybridized carbons (Fsp3) is 0.385. The van der Waals surface area contributed by atoms with Gasteiger partial charge >= 0.3 is 0 Å². The molecule has 0 radical (unpaired) electrons. The normalized spacial score (nSPS) is 11.6. The first-order chi connectivity index (χ1) is 7.33. The van der Waals surface area contributed by atoms with Crippen molar-refractivity contribution < 1.29 is 5.11 Å². The van der Waals surface area contributed by atoms with E-state index in [1.807, 2.05) is 25.1 Å². The molecule has 2 heteroatoms. The summed E-state index contributed by atoms with van der Waals surface area (Å²) in [5, 5.41) is 9.65. The number of rotatable bonds is 5. The Labute approximate surface area is 95.9 Å². The fourth-order valence-electron chi connectivity index (χ4n) is 1.16. The molecule has 1 rings (SSSR count). The molecule has 0 heterocycles. The van der Waals surface area contributed by atoms with E-state index in [2.05, 4.69) is 24.0 Å². The van der Waals surface area contributed by atoms with Crippen LogP contribution in [0.3, 0.4) is 0 Å². The molecule has 1 unspecified atom stereocenters. The van der Waals surface area contributed by atoms with Crippen molar-refractivity contribution in [3.63, 3.8) is 0 Å². The molecule has 0 bridgehead atoms. The quantitative estimate of drug-likeness (QED) is 0.608. The van der Waals surface area contributed by atoms with E-state index in [1.54, 1.807) is 11.8 Å². The average Bonchev–Trinajstić information content (AvgIpc) is 2.28. The third-order valence-corrected chi connectivity index (χ3v) is 3.12. The van der Waals surface area contributed by atoms with Crippen molar-refractivity contribution in [3.05, 3.63) is 30.3 Å². The molecule has 1 nitrogen and oxygen atoms in total. The Kier molecular flexibility index (Phi) is 5.99. The van der Waals surface area contributed by atoms with E-state index in [0.717, 1.165) is 18.6 Å². The average molecular weight is 220 g/mol. The summed E-state index contributed by atoms with van der Waals surface area (Å²) < 4.78 is 0. The highest BCUT2D eigenvalue weighted by molar-refractivity contribution is 7.99. The molecule has 1 atom stereocenters. The van der Waals surface area contributed by atoms with Gasteiger partial charge in [-0.2, -0.15) is 0 Å². The van der Waals surface area contributed by atoms with Crippen molar-refractivity contribution in [2.24, 2.45) is 0 Å². The van der Waals surface area contributed by atoms with E-state index in [-0.39, 0.29) is 6.10 Å². The summed E-state index contributed by atoms with van der Waals surface area (Å²) in [6.45, 7) is 1.82. The molecular weight excluding hydrogens is 204 g/mol. The van der Waals surface area contributed by atoms with Crippen LogP contribution in [-0.2, 0) is 0 Å². The number of aliphatic hydroxyl groups excluding tert-OH is 1. The Bertz CT molecular complexity index is 323. The summed E-state index contributed by atoms with van der Waals surface area (Å²) in [5.74, 6) is 6.53. The van der Waals surface area contributed by atoms with E-state index in [9.17, 15) is 5.11 Å². The summed E-state index contributed by atoms with van der Waals surface area (Å²) in [6, 6.07) is 10.1. The predicted molar refractivity (Wildman–Crippen MR) is 65.9 cm³/mol. The molecule has 1 aromatic rings. The van der Waals surface area contributed by atoms with Crippen LogP contribution in [0.2, 0.25) is 0 Å². The monoisotopic (exact) mass is 220 g/mol. The zero-order valence-corrected chi connectivity index (χ0v) is 9.76. The predicted octanol–water partition coefficient (Wildman–Crippen LogP) is 2.94. The summed E-state index contributed by atoms with van der Waals surface area (Å²) in [4.78, 5) is 1.21. The summed E-state index contributed by atoms with van der Waals surface area (Å²) in [7, 11) is 0. The molecule has 0 aliphatic carbocycles. The van der Waals surface area contributed by atoms with Gasteiger partial charge in [0.25, 0.3) is 0 Å². The van der Waals surface area contributed by atoms with Crippen LogP contribution in [0.25, 0.3) is 0 Å². The van der Waals surface area contributed by atoms with Gasteiger partial charge in [0.05, 0.1) is 6.10 Å². The lowest BCUT2D eigenvalue weighted by molar-refractivity contribution is 0.191. The first kappa shape index (κ1) is 12.2. The van der Waals surface area contributed by atoms with Crippen molar-refractivity contribution in [2.75, 3.05) is 5.75 Å². The van der Waals surface area contributed by atoms with Gasteiger partial charge in [-0.3, -0.25) is 0 Å². The molecule has 0 saturated heterocycles. The van der Waals surface area contributed by atoms with Crippen LogP contribution in [0.5, 0.6) is 0 Å². The zero-order chi connectivity index (χ0) is 10.9. The van der Waals surface area contributed by atoms with Gasteiger partial charge in [0, 0.05) is 17.1 Å². The van der Waals surface area contributed by atoms with Crippen LogP contribution < -0.4 is 0 Å². The van der Waals surface area contributed by atoms with Gasteiger partial charge in [-0.15, -0.1) is 23.6 Å². The largest absolute Gasteiger partial charge is 0.392 e. The van der Waals surface area contributed by atoms with E-state index in [4.69, 9.17) is 0 Å². The molecule has 0 amide bonds. The summed E-state index contributed by atoms with van der Waals surface area (Å²) in [5.41, 5.74) is 0. The fourth-order valence-corrected chi connectivity index (χ4v) is 2.06. The van der Waals surface area contributed by atoms with Gasteiger partial charge < -0.3 is 5.11 Å². The first-order valence-corrected chi connectivity index (χ1v) is 6.07. The second-order valence-corrected chi connectivity index (χ2v) is 4.34. The van der Waals surface area contributed by atoms with E-state index >= 15 is 0 Å². The molecule has 0 saturated carbocycles. The number of benzene rings is 1. The Morgan fingerprint density at radius 2 is 2.07 bits per heavy atom. The first-order valence-electron chi connectivity index (χ1n) is 5.08. The van der Waals surface area contributed by atoms with Crippen molar-refractivity contribution >= 4 is 11.8 Å². The van der Waals surface area contributed by atoms with Gasteiger partial charge in [0.15, 0.2) is 0 Å². The van der Waals surface area contributed by atoms with Crippen LogP contribution in [0.1, 0.15) is 19.8 Å². The molecule has 15 heavy (non-hydrogen) atoms. The van der Waals surface area contributed by atoms with Gasteiger partial charge in [0.1, 0.15) is 0 Å². The molecule has 0 fully saturated rings. The van der Waals surface area contributed by atoms with Crippen LogP contribution >= 0.6 is 11.8 Å². The lowest BCUT2D eigenvalue weighted by atomic mass is 10.2. The van der Waals surface area contributed by atoms with Gasteiger partial charge in [0.2, 0.25) is 0 Å². The zero-order valence-electron chi connectivity index (χ0n) is 8.94. The Hall–Kier alpha value is -0.910. The van der Waals surface area contributed by atoms with Gasteiger partial charge in [-0.05, 0) is 25.5 Å². The van der Waals surface area contributed by atoms with Crippen LogP contribution in [0, 0.1) is 11.8 Å². The van der Waals surface area contributed by atoms with Crippen molar-refractivity contribution in [1.29, 1.82) is 0 Å². The maximum absolute atomic E-state index is 9.65. The second-order valence-electron chi connectivity index (χ2n) is 3.24. The van der Waals surface area contributed by atoms with Gasteiger partial charge in [-0.25, -0.2) is 0 Å². The lowest BCUT2D eigenvalue weighted by Crippen LogP contribution is -2.08. The molecule has 0 aliphatic rings. The molecule has 0 aromatic heterocycles. The smallest absolute Gasteiger partial charge is 0.0643 e. The molecular formula is C13H16OS. The minimum atomic E-state index is -0.254. The standard InChI is InChI=1S/C13H16OS/c1-2-3-5-8-12(14)11-15-13-9-6-4-7-10-13/h4,6-7,9-10,12,14H,5,8,11H2,1H3. The summed E-state index contributed by atoms with van der Waals surface area (Å²) >= 11 is 1.69. The number of thioether (sulfide) groups is 1.